The number of carbonyl (C=O) groups excluding carboxylic acids is 2. The predicted molar refractivity (Wildman–Crippen MR) is 89.2 cm³/mol. The Morgan fingerprint density at radius 1 is 1.08 bits per heavy atom. The average molecular weight is 325 g/mol. The summed E-state index contributed by atoms with van der Waals surface area (Å²) in [6, 6.07) is 12.9. The van der Waals surface area contributed by atoms with E-state index in [1.54, 1.807) is 36.4 Å². The molecule has 1 heterocycles. The molecule has 0 radical (unpaired) electrons. The molecule has 1 aliphatic rings. The number of primary amides is 1. The number of aliphatic hydroxyl groups is 2. The highest BCUT2D eigenvalue weighted by molar-refractivity contribution is 6.12. The Hall–Kier alpha value is -3.32. The molecule has 0 bridgehead atoms. The van der Waals surface area contributed by atoms with Crippen LogP contribution >= 0.6 is 0 Å². The summed E-state index contributed by atoms with van der Waals surface area (Å²) < 4.78 is 0. The SMILES string of the molecule is NC(=O)c1ccccc1NC(=O)C1=C(O)c2ccccc2NC1O. The van der Waals surface area contributed by atoms with Crippen molar-refractivity contribution in [2.75, 3.05) is 10.6 Å². The number of hydrogen-bond acceptors (Lipinski definition) is 5. The van der Waals surface area contributed by atoms with Crippen molar-refractivity contribution in [2.24, 2.45) is 5.73 Å². The molecule has 1 atom stereocenters. The summed E-state index contributed by atoms with van der Waals surface area (Å²) >= 11 is 0. The zero-order valence-corrected chi connectivity index (χ0v) is 12.5. The minimum absolute atomic E-state index is 0.129. The van der Waals surface area contributed by atoms with Crippen molar-refractivity contribution in [1.29, 1.82) is 0 Å². The lowest BCUT2D eigenvalue weighted by molar-refractivity contribution is -0.113. The lowest BCUT2D eigenvalue weighted by atomic mass is 10.00. The molecule has 0 saturated heterocycles. The minimum atomic E-state index is -1.39. The largest absolute Gasteiger partial charge is 0.507 e. The van der Waals surface area contributed by atoms with Crippen LogP contribution in [0.15, 0.2) is 54.1 Å². The number of hydrogen-bond donors (Lipinski definition) is 5. The van der Waals surface area contributed by atoms with E-state index in [0.29, 0.717) is 11.3 Å². The van der Waals surface area contributed by atoms with Crippen LogP contribution < -0.4 is 16.4 Å². The zero-order valence-electron chi connectivity index (χ0n) is 12.5. The van der Waals surface area contributed by atoms with Crippen molar-refractivity contribution in [2.45, 2.75) is 6.23 Å². The third kappa shape index (κ3) is 2.68. The first kappa shape index (κ1) is 15.6. The number of benzene rings is 2. The highest BCUT2D eigenvalue weighted by atomic mass is 16.3. The molecule has 24 heavy (non-hydrogen) atoms. The van der Waals surface area contributed by atoms with Gasteiger partial charge >= 0.3 is 0 Å². The number of rotatable bonds is 3. The maximum absolute atomic E-state index is 12.5. The summed E-state index contributed by atoms with van der Waals surface area (Å²) in [5.74, 6) is -1.77. The number of fused-ring (bicyclic) bond motifs is 1. The molecule has 0 aromatic heterocycles. The molecular formula is C17H15N3O4. The van der Waals surface area contributed by atoms with Gasteiger partial charge in [-0.25, -0.2) is 0 Å². The highest BCUT2D eigenvalue weighted by Gasteiger charge is 2.30. The molecule has 3 rings (SSSR count). The molecule has 2 aromatic rings. The van der Waals surface area contributed by atoms with Gasteiger partial charge in [0, 0.05) is 11.3 Å². The van der Waals surface area contributed by atoms with Crippen molar-refractivity contribution in [3.05, 3.63) is 65.2 Å². The van der Waals surface area contributed by atoms with Gasteiger partial charge in [-0.1, -0.05) is 24.3 Å². The fourth-order valence-corrected chi connectivity index (χ4v) is 2.54. The van der Waals surface area contributed by atoms with E-state index in [-0.39, 0.29) is 22.6 Å². The lowest BCUT2D eigenvalue weighted by Gasteiger charge is -2.25. The molecule has 0 fully saturated rings. The van der Waals surface area contributed by atoms with Gasteiger partial charge in [-0.15, -0.1) is 0 Å². The van der Waals surface area contributed by atoms with Crippen LogP contribution in [0, 0.1) is 0 Å². The Morgan fingerprint density at radius 2 is 1.75 bits per heavy atom. The van der Waals surface area contributed by atoms with Gasteiger partial charge in [0.15, 0.2) is 6.23 Å². The van der Waals surface area contributed by atoms with Gasteiger partial charge in [-0.2, -0.15) is 0 Å². The summed E-state index contributed by atoms with van der Waals surface area (Å²) in [6.07, 6.45) is -1.39. The van der Waals surface area contributed by atoms with Crippen LogP contribution in [-0.4, -0.2) is 28.3 Å². The van der Waals surface area contributed by atoms with Crippen LogP contribution in [0.4, 0.5) is 11.4 Å². The second-order valence-electron chi connectivity index (χ2n) is 5.22. The third-order valence-corrected chi connectivity index (χ3v) is 3.69. The fraction of sp³-hybridized carbons (Fsp3) is 0.0588. The van der Waals surface area contributed by atoms with Gasteiger partial charge < -0.3 is 26.6 Å². The molecule has 2 amide bonds. The summed E-state index contributed by atoms with van der Waals surface area (Å²) in [5.41, 5.74) is 6.27. The van der Waals surface area contributed by atoms with Crippen molar-refractivity contribution < 1.29 is 19.8 Å². The highest BCUT2D eigenvalue weighted by Crippen LogP contribution is 2.32. The molecule has 122 valence electrons. The van der Waals surface area contributed by atoms with Crippen LogP contribution in [0.5, 0.6) is 0 Å². The third-order valence-electron chi connectivity index (χ3n) is 3.69. The van der Waals surface area contributed by atoms with Gasteiger partial charge in [0.2, 0.25) is 0 Å². The predicted octanol–water partition coefficient (Wildman–Crippen LogP) is 1.44. The standard InChI is InChI=1S/C17H15N3O4/c18-15(22)10-6-2-4-8-12(10)20-17(24)13-14(21)9-5-1-3-7-11(9)19-16(13)23/h1-8,16,19,21,23H,(H2,18,22)(H,20,24). The van der Waals surface area contributed by atoms with E-state index < -0.39 is 18.0 Å². The Kier molecular flexibility index (Phi) is 3.93. The van der Waals surface area contributed by atoms with Crippen LogP contribution in [0.1, 0.15) is 15.9 Å². The number of nitrogens with one attached hydrogen (secondary N) is 2. The number of aliphatic hydroxyl groups excluding tert-OH is 2. The van der Waals surface area contributed by atoms with E-state index in [9.17, 15) is 19.8 Å². The zero-order chi connectivity index (χ0) is 17.3. The quantitative estimate of drug-likeness (QED) is 0.584. The van der Waals surface area contributed by atoms with Gasteiger partial charge in [0.05, 0.1) is 11.3 Å². The Bertz CT molecular complexity index is 860. The second-order valence-corrected chi connectivity index (χ2v) is 5.22. The van der Waals surface area contributed by atoms with Crippen molar-refractivity contribution in [3.8, 4) is 0 Å². The van der Waals surface area contributed by atoms with E-state index in [1.165, 1.54) is 12.1 Å². The van der Waals surface area contributed by atoms with Gasteiger partial charge in [0.1, 0.15) is 11.3 Å². The van der Waals surface area contributed by atoms with Crippen molar-refractivity contribution in [1.82, 2.24) is 0 Å². The fourth-order valence-electron chi connectivity index (χ4n) is 2.54. The molecule has 1 aliphatic heterocycles. The molecule has 1 unspecified atom stereocenters. The summed E-state index contributed by atoms with van der Waals surface area (Å²) in [6.45, 7) is 0. The van der Waals surface area contributed by atoms with Crippen molar-refractivity contribution in [3.63, 3.8) is 0 Å². The number of anilines is 2. The molecule has 0 saturated carbocycles. The smallest absolute Gasteiger partial charge is 0.259 e. The first-order valence-corrected chi connectivity index (χ1v) is 7.16. The van der Waals surface area contributed by atoms with Crippen LogP contribution in [-0.2, 0) is 4.79 Å². The maximum atomic E-state index is 12.5. The number of amides is 2. The van der Waals surface area contributed by atoms with Gasteiger partial charge in [-0.3, -0.25) is 9.59 Å². The molecule has 7 heteroatoms. The number of nitrogens with two attached hydrogens (primary N) is 1. The monoisotopic (exact) mass is 325 g/mol. The summed E-state index contributed by atoms with van der Waals surface area (Å²) in [4.78, 5) is 23.9. The first-order chi connectivity index (χ1) is 11.5. The molecular weight excluding hydrogens is 310 g/mol. The van der Waals surface area contributed by atoms with E-state index in [4.69, 9.17) is 5.73 Å². The summed E-state index contributed by atoms with van der Waals surface area (Å²) in [7, 11) is 0. The average Bonchev–Trinajstić information content (AvgIpc) is 2.55. The van der Waals surface area contributed by atoms with Crippen LogP contribution in [0.2, 0.25) is 0 Å². The van der Waals surface area contributed by atoms with Gasteiger partial charge in [0.25, 0.3) is 11.8 Å². The Morgan fingerprint density at radius 3 is 2.50 bits per heavy atom. The van der Waals surface area contributed by atoms with Gasteiger partial charge in [-0.05, 0) is 24.3 Å². The summed E-state index contributed by atoms with van der Waals surface area (Å²) in [5, 5.41) is 25.7. The van der Waals surface area contributed by atoms with E-state index >= 15 is 0 Å². The molecule has 6 N–H and O–H groups in total. The lowest BCUT2D eigenvalue weighted by Crippen LogP contribution is -2.34. The first-order valence-electron chi connectivity index (χ1n) is 7.16. The number of carbonyl (C=O) groups is 2. The Labute approximate surface area is 137 Å². The Balaban J connectivity index is 1.97. The van der Waals surface area contributed by atoms with Crippen molar-refractivity contribution >= 4 is 28.9 Å². The maximum Gasteiger partial charge on any atom is 0.259 e. The number of para-hydroxylation sites is 2. The topological polar surface area (TPSA) is 125 Å². The van der Waals surface area contributed by atoms with Crippen LogP contribution in [0.3, 0.4) is 0 Å². The second kappa shape index (κ2) is 6.05. The normalized spacial score (nSPS) is 16.1. The van der Waals surface area contributed by atoms with E-state index in [2.05, 4.69) is 10.6 Å². The minimum Gasteiger partial charge on any atom is -0.507 e. The molecule has 2 aromatic carbocycles. The molecule has 0 aliphatic carbocycles. The van der Waals surface area contributed by atoms with E-state index in [0.717, 1.165) is 0 Å². The van der Waals surface area contributed by atoms with Crippen LogP contribution in [0.25, 0.3) is 5.76 Å². The van der Waals surface area contributed by atoms with E-state index in [1.807, 2.05) is 0 Å². The molecule has 0 spiro atoms. The molecule has 7 nitrogen and oxygen atoms in total.